The summed E-state index contributed by atoms with van der Waals surface area (Å²) in [6.07, 6.45) is 1.34. The molecule has 2 aliphatic heterocycles. The molecule has 4 bridgehead atoms. The van der Waals surface area contributed by atoms with Gasteiger partial charge in [-0.3, -0.25) is 0 Å². The predicted molar refractivity (Wildman–Crippen MR) is 221 cm³/mol. The Hall–Kier alpha value is -2.91. The number of benzene rings is 2. The summed E-state index contributed by atoms with van der Waals surface area (Å²) in [6, 6.07) is 6.37. The summed E-state index contributed by atoms with van der Waals surface area (Å²) in [7, 11) is -1.30. The van der Waals surface area contributed by atoms with Crippen LogP contribution in [0.15, 0.2) is 41.0 Å². The highest BCUT2D eigenvalue weighted by molar-refractivity contribution is 9.11. The van der Waals surface area contributed by atoms with Crippen molar-refractivity contribution in [1.29, 1.82) is 0 Å². The van der Waals surface area contributed by atoms with Crippen LogP contribution in [0.2, 0.25) is 35.7 Å². The zero-order valence-corrected chi connectivity index (χ0v) is 36.8. The molecule has 0 saturated heterocycles. The third-order valence-corrected chi connectivity index (χ3v) is 12.8. The minimum absolute atomic E-state index is 0.0302. The second-order valence-corrected chi connectivity index (χ2v) is 23.9. The van der Waals surface area contributed by atoms with Crippen molar-refractivity contribution in [3.8, 4) is 34.3 Å². The van der Waals surface area contributed by atoms with E-state index in [4.69, 9.17) is 56.4 Å². The second-order valence-electron chi connectivity index (χ2n) is 15.2. The lowest BCUT2D eigenvalue weighted by Gasteiger charge is -2.25. The first-order valence-corrected chi connectivity index (χ1v) is 23.7. The SMILES string of the molecule is C=CCOC[C@@H]1COc2ccc(OCOCC[Si](C)(C)C)c(c2)C[C@H](C(=O)OC(C)(C)C)Oc2ncnc3sc(Br)c(c23)-c2c(C)c(Cl)c(c(Cl)c2C)O1. The molecule has 2 aliphatic rings. The molecule has 2 aromatic carbocycles. The van der Waals surface area contributed by atoms with Gasteiger partial charge in [0.2, 0.25) is 12.0 Å². The molecule has 0 fully saturated rings. The third-order valence-electron chi connectivity index (χ3n) is 8.38. The first kappa shape index (κ1) is 42.2. The van der Waals surface area contributed by atoms with Crippen molar-refractivity contribution >= 4 is 74.7 Å². The first-order valence-electron chi connectivity index (χ1n) is 17.6. The third kappa shape index (κ3) is 10.5. The number of nitrogens with zero attached hydrogens (tertiary/aromatic N) is 2. The number of thiophene rings is 1. The summed E-state index contributed by atoms with van der Waals surface area (Å²) >= 11 is 19.4. The van der Waals surface area contributed by atoms with Crippen molar-refractivity contribution in [3.05, 3.63) is 67.7 Å². The highest BCUT2D eigenvalue weighted by atomic mass is 79.9. The molecule has 4 aromatic rings. The van der Waals surface area contributed by atoms with E-state index >= 15 is 0 Å². The molecule has 4 heterocycles. The van der Waals surface area contributed by atoms with E-state index in [9.17, 15) is 4.79 Å². The lowest BCUT2D eigenvalue weighted by molar-refractivity contribution is -0.163. The normalized spacial score (nSPS) is 16.3. The quantitative estimate of drug-likeness (QED) is 0.0475. The summed E-state index contributed by atoms with van der Waals surface area (Å²) in [6.45, 7) is 21.0. The minimum Gasteiger partial charge on any atom is -0.490 e. The van der Waals surface area contributed by atoms with Gasteiger partial charge < -0.3 is 33.2 Å². The molecule has 54 heavy (non-hydrogen) atoms. The van der Waals surface area contributed by atoms with Crippen LogP contribution in [0.5, 0.6) is 23.1 Å². The maximum absolute atomic E-state index is 14.0. The Morgan fingerprint density at radius 1 is 1.09 bits per heavy atom. The smallest absolute Gasteiger partial charge is 0.348 e. The van der Waals surface area contributed by atoms with E-state index in [0.29, 0.717) is 67.4 Å². The van der Waals surface area contributed by atoms with Gasteiger partial charge in [-0.05, 0) is 91.5 Å². The van der Waals surface area contributed by atoms with Crippen LogP contribution in [0.25, 0.3) is 21.3 Å². The molecule has 6 rings (SSSR count). The Balaban J connectivity index is 1.68. The Morgan fingerprint density at radius 3 is 2.48 bits per heavy atom. The lowest BCUT2D eigenvalue weighted by Crippen LogP contribution is -2.37. The molecule has 0 N–H and O–H groups in total. The second kappa shape index (κ2) is 17.9. The fourth-order valence-corrected chi connectivity index (χ4v) is 8.72. The zero-order valence-electron chi connectivity index (χ0n) is 31.9. The monoisotopic (exact) mass is 880 g/mol. The zero-order chi connectivity index (χ0) is 39.4. The van der Waals surface area contributed by atoms with E-state index in [0.717, 1.165) is 21.0 Å². The number of fused-ring (bicyclic) bond motifs is 7. The van der Waals surface area contributed by atoms with Gasteiger partial charge in [-0.1, -0.05) is 48.9 Å². The van der Waals surface area contributed by atoms with Crippen molar-refractivity contribution in [2.45, 2.75) is 84.5 Å². The fourth-order valence-electron chi connectivity index (χ4n) is 5.73. The van der Waals surface area contributed by atoms with Gasteiger partial charge in [0.25, 0.3) is 0 Å². The topological polar surface area (TPSA) is 107 Å². The van der Waals surface area contributed by atoms with E-state index in [1.807, 2.05) is 19.9 Å². The minimum atomic E-state index is -1.30. The summed E-state index contributed by atoms with van der Waals surface area (Å²) in [5, 5.41) is 1.23. The van der Waals surface area contributed by atoms with E-state index in [1.54, 1.807) is 39.0 Å². The number of esters is 1. The van der Waals surface area contributed by atoms with Gasteiger partial charge in [0, 0.05) is 32.2 Å². The number of hydrogen-bond acceptors (Lipinski definition) is 11. The van der Waals surface area contributed by atoms with Crippen LogP contribution in [0, 0.1) is 13.8 Å². The molecule has 2 atom stereocenters. The van der Waals surface area contributed by atoms with Crippen LogP contribution in [0.4, 0.5) is 0 Å². The van der Waals surface area contributed by atoms with Crippen LogP contribution in [-0.2, 0) is 25.4 Å². The first-order chi connectivity index (χ1) is 25.5. The van der Waals surface area contributed by atoms with E-state index < -0.39 is 31.9 Å². The molecule has 292 valence electrons. The van der Waals surface area contributed by atoms with Crippen LogP contribution in [0.3, 0.4) is 0 Å². The summed E-state index contributed by atoms with van der Waals surface area (Å²) in [5.74, 6) is 0.913. The Labute approximate surface area is 340 Å². The van der Waals surface area contributed by atoms with Crippen molar-refractivity contribution in [1.82, 2.24) is 9.97 Å². The summed E-state index contributed by atoms with van der Waals surface area (Å²) in [4.78, 5) is 23.8. The van der Waals surface area contributed by atoms with Crippen molar-refractivity contribution < 1.29 is 38.0 Å². The number of rotatable bonds is 11. The molecule has 2 aromatic heterocycles. The van der Waals surface area contributed by atoms with Gasteiger partial charge in [0.1, 0.15) is 34.9 Å². The predicted octanol–water partition coefficient (Wildman–Crippen LogP) is 10.4. The lowest BCUT2D eigenvalue weighted by atomic mass is 9.95. The van der Waals surface area contributed by atoms with E-state index in [2.05, 4.69) is 52.1 Å². The summed E-state index contributed by atoms with van der Waals surface area (Å²) < 4.78 is 44.0. The Kier molecular flexibility index (Phi) is 14.0. The van der Waals surface area contributed by atoms with Gasteiger partial charge in [0.05, 0.1) is 32.4 Å². The van der Waals surface area contributed by atoms with Gasteiger partial charge in [-0.15, -0.1) is 17.9 Å². The molecule has 10 nitrogen and oxygen atoms in total. The van der Waals surface area contributed by atoms with Gasteiger partial charge in [-0.25, -0.2) is 14.8 Å². The Morgan fingerprint density at radius 2 is 1.81 bits per heavy atom. The average Bonchev–Trinajstić information content (AvgIpc) is 3.42. The van der Waals surface area contributed by atoms with Crippen LogP contribution in [0.1, 0.15) is 37.5 Å². The fraction of sp³-hybridized carbons (Fsp3) is 0.462. The average molecular weight is 883 g/mol. The summed E-state index contributed by atoms with van der Waals surface area (Å²) in [5.41, 5.74) is 2.72. The number of aromatic nitrogens is 2. The molecule has 0 aliphatic carbocycles. The number of carbonyl (C=O) groups excluding carboxylic acids is 1. The molecular formula is C39H47BrCl2N2O8SSi. The Bertz CT molecular complexity index is 1970. The van der Waals surface area contributed by atoms with Gasteiger partial charge in [-0.2, -0.15) is 0 Å². The van der Waals surface area contributed by atoms with Crippen molar-refractivity contribution in [2.24, 2.45) is 0 Å². The van der Waals surface area contributed by atoms with Gasteiger partial charge in [0.15, 0.2) is 18.6 Å². The van der Waals surface area contributed by atoms with Crippen LogP contribution >= 0.6 is 50.5 Å². The maximum atomic E-state index is 14.0. The number of carbonyl (C=O) groups is 1. The molecule has 0 radical (unpaired) electrons. The van der Waals surface area contributed by atoms with Crippen LogP contribution < -0.4 is 18.9 Å². The standard InChI is InChI=1S/C39H47BrCl2N2O8SSi/c1-10-13-46-18-26-19-48-25-11-12-27(49-21-47-14-15-54(7,8)9)24(16-25)17-28(38(45)52-39(4,5)6)51-36-31-30(35(40)53-37(31)44-20-43-36)29-22(2)32(41)34(50-26)33(42)23(29)3/h10-12,16,20,26,28H,1,13-15,17-19,21H2,2-9H3/t26-,28-/m1/s1. The van der Waals surface area contributed by atoms with E-state index in [-0.39, 0.29) is 32.3 Å². The van der Waals surface area contributed by atoms with Gasteiger partial charge >= 0.3 is 5.97 Å². The molecule has 0 amide bonds. The van der Waals surface area contributed by atoms with Crippen LogP contribution in [-0.4, -0.2) is 75.0 Å². The molecule has 0 spiro atoms. The highest BCUT2D eigenvalue weighted by Gasteiger charge is 2.33. The highest BCUT2D eigenvalue weighted by Crippen LogP contribution is 2.52. The van der Waals surface area contributed by atoms with E-state index in [1.165, 1.54) is 17.7 Å². The number of halogens is 3. The van der Waals surface area contributed by atoms with Crippen molar-refractivity contribution in [2.75, 3.05) is 33.2 Å². The number of ether oxygens (including phenoxy) is 7. The largest absolute Gasteiger partial charge is 0.490 e. The maximum Gasteiger partial charge on any atom is 0.348 e. The molecule has 0 unspecified atom stereocenters. The molecular weight excluding hydrogens is 835 g/mol. The van der Waals surface area contributed by atoms with Crippen molar-refractivity contribution in [3.63, 3.8) is 0 Å². The number of hydrogen-bond donors (Lipinski definition) is 0. The molecule has 15 heteroatoms. The molecule has 0 saturated carbocycles.